The smallest absolute Gasteiger partial charge is 0.326 e. The van der Waals surface area contributed by atoms with Gasteiger partial charge in [-0.15, -0.1) is 0 Å². The first kappa shape index (κ1) is 13.1. The van der Waals surface area contributed by atoms with Crippen molar-refractivity contribution in [1.29, 1.82) is 0 Å². The molecule has 2 fully saturated rings. The molecule has 2 unspecified atom stereocenters. The minimum Gasteiger partial charge on any atom is -0.480 e. The average Bonchev–Trinajstić information content (AvgIpc) is 3.09. The van der Waals surface area contributed by atoms with Crippen LogP contribution in [0.25, 0.3) is 0 Å². The van der Waals surface area contributed by atoms with Gasteiger partial charge in [0.1, 0.15) is 6.04 Å². The van der Waals surface area contributed by atoms with Crippen LogP contribution in [0.5, 0.6) is 0 Å². The van der Waals surface area contributed by atoms with Gasteiger partial charge in [-0.25, -0.2) is 9.59 Å². The van der Waals surface area contributed by atoms with Crippen LogP contribution in [-0.2, 0) is 4.79 Å². The molecule has 2 amide bonds. The monoisotopic (exact) mass is 256 g/mol. The summed E-state index contributed by atoms with van der Waals surface area (Å²) in [6.07, 6.45) is 1.64. The second-order valence-electron chi connectivity index (χ2n) is 5.37. The van der Waals surface area contributed by atoms with E-state index in [-0.39, 0.29) is 25.0 Å². The van der Waals surface area contributed by atoms with E-state index in [9.17, 15) is 14.7 Å². The van der Waals surface area contributed by atoms with Crippen molar-refractivity contribution in [3.8, 4) is 0 Å². The van der Waals surface area contributed by atoms with Gasteiger partial charge in [-0.3, -0.25) is 0 Å². The Morgan fingerprint density at radius 3 is 2.50 bits per heavy atom. The lowest BCUT2D eigenvalue weighted by molar-refractivity contribution is -0.141. The summed E-state index contributed by atoms with van der Waals surface area (Å²) in [5.74, 6) is -0.512. The SMILES string of the molecule is CC(C1CC1)N(C)C(=O)N1CC(O)C[C@H]1C(=O)O. The number of nitrogens with zero attached hydrogens (tertiary/aromatic N) is 2. The Labute approximate surface area is 106 Å². The van der Waals surface area contributed by atoms with Gasteiger partial charge >= 0.3 is 12.0 Å². The number of aliphatic hydroxyl groups is 1. The van der Waals surface area contributed by atoms with E-state index in [0.717, 1.165) is 12.8 Å². The lowest BCUT2D eigenvalue weighted by Crippen LogP contribution is -2.49. The van der Waals surface area contributed by atoms with Crippen molar-refractivity contribution in [1.82, 2.24) is 9.80 Å². The highest BCUT2D eigenvalue weighted by Gasteiger charge is 2.42. The predicted molar refractivity (Wildman–Crippen MR) is 64.1 cm³/mol. The van der Waals surface area contributed by atoms with Crippen molar-refractivity contribution in [2.45, 2.75) is 44.4 Å². The molecule has 2 N–H and O–H groups in total. The maximum atomic E-state index is 12.3. The highest BCUT2D eigenvalue weighted by molar-refractivity contribution is 5.83. The molecule has 0 radical (unpaired) electrons. The zero-order chi connectivity index (χ0) is 13.4. The molecule has 1 saturated carbocycles. The minimum absolute atomic E-state index is 0.109. The third-order valence-electron chi connectivity index (χ3n) is 4.03. The van der Waals surface area contributed by atoms with E-state index in [1.54, 1.807) is 11.9 Å². The Morgan fingerprint density at radius 1 is 1.39 bits per heavy atom. The first-order chi connectivity index (χ1) is 8.41. The Kier molecular flexibility index (Phi) is 3.47. The molecule has 0 bridgehead atoms. The number of hydrogen-bond acceptors (Lipinski definition) is 3. The van der Waals surface area contributed by atoms with E-state index in [0.29, 0.717) is 5.92 Å². The number of urea groups is 1. The molecule has 3 atom stereocenters. The van der Waals surface area contributed by atoms with Crippen LogP contribution in [0.1, 0.15) is 26.2 Å². The lowest BCUT2D eigenvalue weighted by atomic mass is 10.2. The van der Waals surface area contributed by atoms with Crippen LogP contribution in [0.3, 0.4) is 0 Å². The van der Waals surface area contributed by atoms with Crippen LogP contribution in [0.15, 0.2) is 0 Å². The third kappa shape index (κ3) is 2.43. The summed E-state index contributed by atoms with van der Waals surface area (Å²) >= 11 is 0. The number of carboxylic acid groups (broad SMARTS) is 1. The van der Waals surface area contributed by atoms with Crippen molar-refractivity contribution in [2.24, 2.45) is 5.92 Å². The summed E-state index contributed by atoms with van der Waals surface area (Å²) in [5, 5.41) is 18.6. The Bertz CT molecular complexity index is 356. The van der Waals surface area contributed by atoms with Crippen LogP contribution >= 0.6 is 0 Å². The molecular formula is C12H20N2O4. The van der Waals surface area contributed by atoms with Gasteiger partial charge in [0.15, 0.2) is 0 Å². The quantitative estimate of drug-likeness (QED) is 0.763. The van der Waals surface area contributed by atoms with Crippen molar-refractivity contribution in [3.63, 3.8) is 0 Å². The molecule has 2 aliphatic rings. The van der Waals surface area contributed by atoms with E-state index in [4.69, 9.17) is 5.11 Å². The zero-order valence-corrected chi connectivity index (χ0v) is 10.7. The van der Waals surface area contributed by atoms with Crippen LogP contribution in [0.2, 0.25) is 0 Å². The molecule has 1 aliphatic heterocycles. The summed E-state index contributed by atoms with van der Waals surface area (Å²) in [6, 6.07) is -1.07. The molecule has 102 valence electrons. The third-order valence-corrected chi connectivity index (χ3v) is 4.03. The maximum absolute atomic E-state index is 12.3. The second-order valence-corrected chi connectivity index (χ2v) is 5.37. The van der Waals surface area contributed by atoms with E-state index in [1.165, 1.54) is 4.90 Å². The summed E-state index contributed by atoms with van der Waals surface area (Å²) in [7, 11) is 1.70. The molecular weight excluding hydrogens is 236 g/mol. The first-order valence-corrected chi connectivity index (χ1v) is 6.36. The number of β-amino-alcohol motifs (C(OH)–C–C–N with tert-alkyl or cyclic N) is 1. The average molecular weight is 256 g/mol. The number of rotatable bonds is 3. The number of aliphatic carboxylic acids is 1. The molecule has 18 heavy (non-hydrogen) atoms. The molecule has 6 nitrogen and oxygen atoms in total. The number of likely N-dealkylation sites (tertiary alicyclic amines) is 1. The number of aliphatic hydroxyl groups excluding tert-OH is 1. The fraction of sp³-hybridized carbons (Fsp3) is 0.833. The fourth-order valence-corrected chi connectivity index (χ4v) is 2.53. The number of carbonyl (C=O) groups excluding carboxylic acids is 1. The van der Waals surface area contributed by atoms with Crippen molar-refractivity contribution in [2.75, 3.05) is 13.6 Å². The van der Waals surface area contributed by atoms with Crippen LogP contribution in [-0.4, -0.2) is 63.8 Å². The van der Waals surface area contributed by atoms with Crippen molar-refractivity contribution in [3.05, 3.63) is 0 Å². The highest BCUT2D eigenvalue weighted by Crippen LogP contribution is 2.35. The number of amides is 2. The standard InChI is InChI=1S/C12H20N2O4/c1-7(8-3-4-8)13(2)12(18)14-6-9(15)5-10(14)11(16)17/h7-10,15H,3-6H2,1-2H3,(H,16,17)/t7?,9?,10-/m0/s1. The predicted octanol–water partition coefficient (Wildman–Crippen LogP) is 0.357. The topological polar surface area (TPSA) is 81.1 Å². The van der Waals surface area contributed by atoms with Gasteiger partial charge < -0.3 is 20.0 Å². The molecule has 0 spiro atoms. The van der Waals surface area contributed by atoms with Gasteiger partial charge in [-0.05, 0) is 25.7 Å². The van der Waals surface area contributed by atoms with Crippen LogP contribution in [0, 0.1) is 5.92 Å². The molecule has 0 aromatic heterocycles. The van der Waals surface area contributed by atoms with Crippen LogP contribution in [0.4, 0.5) is 4.79 Å². The molecule has 1 heterocycles. The van der Waals surface area contributed by atoms with Crippen molar-refractivity contribution < 1.29 is 19.8 Å². The summed E-state index contributed by atoms with van der Waals surface area (Å²) < 4.78 is 0. The number of carboxylic acids is 1. The Balaban J connectivity index is 2.04. The summed E-state index contributed by atoms with van der Waals surface area (Å²) in [5.41, 5.74) is 0. The second kappa shape index (κ2) is 4.76. The van der Waals surface area contributed by atoms with Gasteiger partial charge in [-0.2, -0.15) is 0 Å². The molecule has 1 saturated heterocycles. The van der Waals surface area contributed by atoms with Gasteiger partial charge in [0.2, 0.25) is 0 Å². The van der Waals surface area contributed by atoms with E-state index >= 15 is 0 Å². The zero-order valence-electron chi connectivity index (χ0n) is 10.7. The Hall–Kier alpha value is -1.30. The number of carbonyl (C=O) groups is 2. The van der Waals surface area contributed by atoms with Crippen molar-refractivity contribution >= 4 is 12.0 Å². The fourth-order valence-electron chi connectivity index (χ4n) is 2.53. The first-order valence-electron chi connectivity index (χ1n) is 6.36. The maximum Gasteiger partial charge on any atom is 0.326 e. The van der Waals surface area contributed by atoms with E-state index in [1.807, 2.05) is 6.92 Å². The largest absolute Gasteiger partial charge is 0.480 e. The highest BCUT2D eigenvalue weighted by atomic mass is 16.4. The molecule has 6 heteroatoms. The summed E-state index contributed by atoms with van der Waals surface area (Å²) in [6.45, 7) is 2.09. The van der Waals surface area contributed by atoms with Crippen LogP contribution < -0.4 is 0 Å². The van der Waals surface area contributed by atoms with Gasteiger partial charge in [-0.1, -0.05) is 0 Å². The molecule has 0 aromatic rings. The summed E-state index contributed by atoms with van der Waals surface area (Å²) in [4.78, 5) is 26.2. The lowest BCUT2D eigenvalue weighted by Gasteiger charge is -2.31. The van der Waals surface area contributed by atoms with Gasteiger partial charge in [0, 0.05) is 26.1 Å². The van der Waals surface area contributed by atoms with Gasteiger partial charge in [0.05, 0.1) is 6.10 Å². The Morgan fingerprint density at radius 2 is 2.00 bits per heavy atom. The van der Waals surface area contributed by atoms with E-state index in [2.05, 4.69) is 0 Å². The van der Waals surface area contributed by atoms with Gasteiger partial charge in [0.25, 0.3) is 0 Å². The minimum atomic E-state index is -1.05. The van der Waals surface area contributed by atoms with E-state index < -0.39 is 18.1 Å². The molecule has 2 rings (SSSR count). The normalized spacial score (nSPS) is 29.2. The number of hydrogen-bond donors (Lipinski definition) is 2. The molecule has 0 aromatic carbocycles. The molecule has 1 aliphatic carbocycles.